The summed E-state index contributed by atoms with van der Waals surface area (Å²) >= 11 is 0. The van der Waals surface area contributed by atoms with E-state index in [4.69, 9.17) is 0 Å². The summed E-state index contributed by atoms with van der Waals surface area (Å²) < 4.78 is 38.9. The lowest BCUT2D eigenvalue weighted by Crippen LogP contribution is -2.51. The Kier molecular flexibility index (Phi) is 4.61. The number of rotatable bonds is 3. The molecule has 2 rings (SSSR count). The highest BCUT2D eigenvalue weighted by Crippen LogP contribution is 2.33. The molecule has 0 bridgehead atoms. The van der Waals surface area contributed by atoms with Crippen molar-refractivity contribution in [2.45, 2.75) is 25.6 Å². The Morgan fingerprint density at radius 1 is 1.33 bits per heavy atom. The molecule has 21 heavy (non-hydrogen) atoms. The lowest BCUT2D eigenvalue weighted by Gasteiger charge is -2.40. The first-order valence-corrected chi connectivity index (χ1v) is 7.07. The molecule has 1 aromatic rings. The van der Waals surface area contributed by atoms with Crippen molar-refractivity contribution in [2.24, 2.45) is 0 Å². The molecule has 1 unspecified atom stereocenters. The van der Waals surface area contributed by atoms with Crippen LogP contribution in [-0.4, -0.2) is 49.7 Å². The fourth-order valence-corrected chi connectivity index (χ4v) is 2.56. The van der Waals surface area contributed by atoms with E-state index in [1.807, 2.05) is 11.9 Å². The fourth-order valence-electron chi connectivity index (χ4n) is 2.56. The van der Waals surface area contributed by atoms with Gasteiger partial charge in [0.25, 0.3) is 0 Å². The van der Waals surface area contributed by atoms with Gasteiger partial charge in [0.2, 0.25) is 0 Å². The molecule has 4 nitrogen and oxygen atoms in total. The summed E-state index contributed by atoms with van der Waals surface area (Å²) in [6.07, 6.45) is -3.40. The van der Waals surface area contributed by atoms with Crippen molar-refractivity contribution in [3.05, 3.63) is 17.7 Å². The number of hydrogen-bond donors (Lipinski definition) is 1. The van der Waals surface area contributed by atoms with E-state index in [0.29, 0.717) is 24.9 Å². The second-order valence-electron chi connectivity index (χ2n) is 5.34. The second kappa shape index (κ2) is 6.09. The summed E-state index contributed by atoms with van der Waals surface area (Å²) in [6, 6.07) is 2.52. The van der Waals surface area contributed by atoms with Crippen molar-refractivity contribution in [1.29, 1.82) is 0 Å². The van der Waals surface area contributed by atoms with E-state index in [2.05, 4.69) is 22.1 Å². The molecule has 1 aliphatic heterocycles. The summed E-state index contributed by atoms with van der Waals surface area (Å²) in [7, 11) is 3.62. The Hall–Kier alpha value is -1.50. The molecule has 2 heterocycles. The lowest BCUT2D eigenvalue weighted by molar-refractivity contribution is -0.137. The minimum atomic E-state index is -4.36. The normalized spacial score (nSPS) is 20.7. The van der Waals surface area contributed by atoms with Crippen LogP contribution < -0.4 is 10.2 Å². The molecular formula is C14H21F3N4. The molecule has 0 aromatic carbocycles. The van der Waals surface area contributed by atoms with E-state index in [1.54, 1.807) is 7.05 Å². The molecule has 1 saturated heterocycles. The molecule has 0 spiro atoms. The topological polar surface area (TPSA) is 31.4 Å². The first kappa shape index (κ1) is 15.9. The van der Waals surface area contributed by atoms with Crippen molar-refractivity contribution >= 4 is 11.6 Å². The molecule has 1 fully saturated rings. The van der Waals surface area contributed by atoms with Crippen molar-refractivity contribution in [3.63, 3.8) is 0 Å². The Morgan fingerprint density at radius 3 is 2.62 bits per heavy atom. The number of anilines is 2. The molecule has 1 aliphatic rings. The second-order valence-corrected chi connectivity index (χ2v) is 5.34. The summed E-state index contributed by atoms with van der Waals surface area (Å²) in [5, 5.41) is 2.70. The molecule has 1 N–H and O–H groups in total. The number of nitrogens with one attached hydrogen (secondary N) is 1. The van der Waals surface area contributed by atoms with Gasteiger partial charge in [-0.3, -0.25) is 4.90 Å². The Bertz CT molecular complexity index is 490. The van der Waals surface area contributed by atoms with Gasteiger partial charge >= 0.3 is 6.18 Å². The molecule has 0 amide bonds. The predicted octanol–water partition coefficient (Wildman–Crippen LogP) is 2.67. The zero-order valence-electron chi connectivity index (χ0n) is 12.5. The SMILES string of the molecule is CCC1CN(c2cc(C(F)(F)F)cc(NC)n2)CCN1C. The van der Waals surface area contributed by atoms with Crippen LogP contribution in [0.15, 0.2) is 12.1 Å². The molecule has 1 aromatic heterocycles. The third-order valence-electron chi connectivity index (χ3n) is 3.97. The number of likely N-dealkylation sites (N-methyl/N-ethyl adjacent to an activating group) is 1. The molecular weight excluding hydrogens is 281 g/mol. The van der Waals surface area contributed by atoms with Crippen molar-refractivity contribution < 1.29 is 13.2 Å². The molecule has 118 valence electrons. The minimum absolute atomic E-state index is 0.242. The van der Waals surface area contributed by atoms with Crippen LogP contribution in [0.5, 0.6) is 0 Å². The maximum Gasteiger partial charge on any atom is 0.416 e. The van der Waals surface area contributed by atoms with Crippen LogP contribution in [0.2, 0.25) is 0 Å². The summed E-state index contributed by atoms with van der Waals surface area (Å²) in [5.74, 6) is 0.632. The van der Waals surface area contributed by atoms with E-state index >= 15 is 0 Å². The van der Waals surface area contributed by atoms with Crippen LogP contribution >= 0.6 is 0 Å². The zero-order chi connectivity index (χ0) is 15.6. The Labute approximate surface area is 122 Å². The maximum absolute atomic E-state index is 13.0. The number of aromatic nitrogens is 1. The van der Waals surface area contributed by atoms with Crippen LogP contribution in [0.4, 0.5) is 24.8 Å². The fraction of sp³-hybridized carbons (Fsp3) is 0.643. The smallest absolute Gasteiger partial charge is 0.373 e. The number of alkyl halides is 3. The van der Waals surface area contributed by atoms with Gasteiger partial charge in [-0.05, 0) is 25.6 Å². The van der Waals surface area contributed by atoms with Gasteiger partial charge in [-0.2, -0.15) is 13.2 Å². The lowest BCUT2D eigenvalue weighted by atomic mass is 10.1. The van der Waals surface area contributed by atoms with Gasteiger partial charge in [0.05, 0.1) is 5.56 Å². The maximum atomic E-state index is 13.0. The van der Waals surface area contributed by atoms with Crippen LogP contribution in [0.25, 0.3) is 0 Å². The van der Waals surface area contributed by atoms with E-state index in [-0.39, 0.29) is 5.82 Å². The minimum Gasteiger partial charge on any atom is -0.373 e. The number of hydrogen-bond acceptors (Lipinski definition) is 4. The monoisotopic (exact) mass is 302 g/mol. The predicted molar refractivity (Wildman–Crippen MR) is 77.7 cm³/mol. The van der Waals surface area contributed by atoms with Crippen LogP contribution in [-0.2, 0) is 6.18 Å². The first-order valence-electron chi connectivity index (χ1n) is 7.07. The number of nitrogens with zero attached hydrogens (tertiary/aromatic N) is 3. The average Bonchev–Trinajstić information content (AvgIpc) is 2.46. The first-order chi connectivity index (χ1) is 9.85. The third kappa shape index (κ3) is 3.58. The third-order valence-corrected chi connectivity index (χ3v) is 3.97. The molecule has 0 radical (unpaired) electrons. The van der Waals surface area contributed by atoms with Crippen LogP contribution in [0.3, 0.4) is 0 Å². The average molecular weight is 302 g/mol. The van der Waals surface area contributed by atoms with Crippen molar-refractivity contribution in [1.82, 2.24) is 9.88 Å². The van der Waals surface area contributed by atoms with Gasteiger partial charge in [-0.1, -0.05) is 6.92 Å². The van der Waals surface area contributed by atoms with Gasteiger partial charge < -0.3 is 10.2 Å². The molecule has 0 aliphatic carbocycles. The summed E-state index contributed by atoms with van der Waals surface area (Å²) in [4.78, 5) is 8.45. The van der Waals surface area contributed by atoms with Gasteiger partial charge in [0.15, 0.2) is 0 Å². The van der Waals surface area contributed by atoms with Gasteiger partial charge in [-0.15, -0.1) is 0 Å². The summed E-state index contributed by atoms with van der Waals surface area (Å²) in [6.45, 7) is 4.30. The van der Waals surface area contributed by atoms with Crippen molar-refractivity contribution in [3.8, 4) is 0 Å². The molecule has 0 saturated carbocycles. The number of pyridine rings is 1. The van der Waals surface area contributed by atoms with E-state index in [1.165, 1.54) is 0 Å². The zero-order valence-corrected chi connectivity index (χ0v) is 12.5. The highest BCUT2D eigenvalue weighted by molar-refractivity contribution is 5.51. The number of halogens is 3. The standard InChI is InChI=1S/C14H21F3N4/c1-4-11-9-21(6-5-20(11)3)13-8-10(14(15,16)17)7-12(18-2)19-13/h7-8,11H,4-6,9H2,1-3H3,(H,18,19). The highest BCUT2D eigenvalue weighted by Gasteiger charge is 2.33. The highest BCUT2D eigenvalue weighted by atomic mass is 19.4. The number of piperazine rings is 1. The quantitative estimate of drug-likeness (QED) is 0.930. The largest absolute Gasteiger partial charge is 0.416 e. The van der Waals surface area contributed by atoms with Gasteiger partial charge in [0, 0.05) is 32.7 Å². The van der Waals surface area contributed by atoms with Gasteiger partial charge in [0.1, 0.15) is 11.6 Å². The van der Waals surface area contributed by atoms with Gasteiger partial charge in [-0.25, -0.2) is 4.98 Å². The summed E-state index contributed by atoms with van der Waals surface area (Å²) in [5.41, 5.74) is -0.663. The van der Waals surface area contributed by atoms with E-state index < -0.39 is 11.7 Å². The van der Waals surface area contributed by atoms with E-state index in [0.717, 1.165) is 25.1 Å². The van der Waals surface area contributed by atoms with E-state index in [9.17, 15) is 13.2 Å². The molecule has 1 atom stereocenters. The van der Waals surface area contributed by atoms with Crippen LogP contribution in [0.1, 0.15) is 18.9 Å². The Balaban J connectivity index is 2.30. The van der Waals surface area contributed by atoms with Crippen LogP contribution in [0, 0.1) is 0 Å². The van der Waals surface area contributed by atoms with Crippen molar-refractivity contribution in [2.75, 3.05) is 43.9 Å². The molecule has 7 heteroatoms. The Morgan fingerprint density at radius 2 is 2.05 bits per heavy atom.